The Hall–Kier alpha value is -2.92. The number of para-hydroxylation sites is 1. The average Bonchev–Trinajstić information content (AvgIpc) is 2.99. The van der Waals surface area contributed by atoms with E-state index < -0.39 is 0 Å². The van der Waals surface area contributed by atoms with E-state index in [1.807, 2.05) is 63.4 Å². The summed E-state index contributed by atoms with van der Waals surface area (Å²) in [5, 5.41) is 0. The molecule has 2 aromatic rings. The number of aryl methyl sites for hydroxylation is 2. The molecule has 0 radical (unpaired) electrons. The summed E-state index contributed by atoms with van der Waals surface area (Å²) in [6.07, 6.45) is 1.95. The number of hydrogen-bond acceptors (Lipinski definition) is 4. The Kier molecular flexibility index (Phi) is 5.48. The zero-order chi connectivity index (χ0) is 21.4. The van der Waals surface area contributed by atoms with E-state index in [1.54, 1.807) is 0 Å². The average molecular weight is 404 g/mol. The van der Waals surface area contributed by atoms with Crippen molar-refractivity contribution in [2.45, 2.75) is 32.7 Å². The Morgan fingerprint density at radius 2 is 1.60 bits per heavy atom. The first kappa shape index (κ1) is 20.4. The molecule has 0 aromatic heterocycles. The Morgan fingerprint density at radius 3 is 2.23 bits per heavy atom. The molecule has 0 aliphatic carbocycles. The summed E-state index contributed by atoms with van der Waals surface area (Å²) >= 11 is 0. The highest BCUT2D eigenvalue weighted by molar-refractivity contribution is 6.45. The number of carbonyl (C=O) groups is 2. The lowest BCUT2D eigenvalue weighted by atomic mass is 9.96. The third-order valence-electron chi connectivity index (χ3n) is 6.31. The van der Waals surface area contributed by atoms with Crippen molar-refractivity contribution in [3.05, 3.63) is 70.9 Å². The van der Waals surface area contributed by atoms with Crippen LogP contribution in [0, 0.1) is 13.8 Å². The molecule has 1 fully saturated rings. The Labute approximate surface area is 178 Å². The van der Waals surface area contributed by atoms with E-state index in [0.717, 1.165) is 42.6 Å². The zero-order valence-corrected chi connectivity index (χ0v) is 18.2. The normalized spacial score (nSPS) is 18.5. The maximum Gasteiger partial charge on any atom is 0.282 e. The molecule has 30 heavy (non-hydrogen) atoms. The number of rotatable bonds is 4. The van der Waals surface area contributed by atoms with Crippen LogP contribution in [0.1, 0.15) is 29.5 Å². The minimum Gasteiger partial charge on any atom is -0.366 e. The fourth-order valence-electron chi connectivity index (χ4n) is 4.56. The molecule has 2 heterocycles. The van der Waals surface area contributed by atoms with Crippen LogP contribution in [0.5, 0.6) is 0 Å². The molecule has 0 bridgehead atoms. The van der Waals surface area contributed by atoms with Gasteiger partial charge in [-0.15, -0.1) is 0 Å². The molecule has 0 spiro atoms. The van der Waals surface area contributed by atoms with Gasteiger partial charge in [-0.25, -0.2) is 4.90 Å². The topological polar surface area (TPSA) is 43.9 Å². The summed E-state index contributed by atoms with van der Waals surface area (Å²) in [6, 6.07) is 15.5. The highest BCUT2D eigenvalue weighted by Gasteiger charge is 2.43. The summed E-state index contributed by atoms with van der Waals surface area (Å²) in [6.45, 7) is 6.03. The third kappa shape index (κ3) is 3.54. The minimum absolute atomic E-state index is 0.234. The highest BCUT2D eigenvalue weighted by atomic mass is 16.2. The standard InChI is InChI=1S/C25H29N3O2/c1-17-10-11-21(18(2)16-17)22-23(27(4)19-12-14-26(3)15-13-19)25(30)28(24(22)29)20-8-6-5-7-9-20/h5-11,16,19H,12-15H2,1-4H3. The maximum atomic E-state index is 13.6. The zero-order valence-electron chi connectivity index (χ0n) is 18.2. The van der Waals surface area contributed by atoms with Crippen molar-refractivity contribution in [2.24, 2.45) is 0 Å². The van der Waals surface area contributed by atoms with Crippen LogP contribution in [0.2, 0.25) is 0 Å². The molecule has 2 amide bonds. The van der Waals surface area contributed by atoms with Gasteiger partial charge in [-0.05, 0) is 70.1 Å². The maximum absolute atomic E-state index is 13.6. The molecule has 2 aliphatic rings. The molecule has 4 rings (SSSR count). The van der Waals surface area contributed by atoms with E-state index in [9.17, 15) is 9.59 Å². The molecule has 0 saturated carbocycles. The second-order valence-corrected chi connectivity index (χ2v) is 8.47. The minimum atomic E-state index is -0.243. The molecule has 0 N–H and O–H groups in total. The summed E-state index contributed by atoms with van der Waals surface area (Å²) < 4.78 is 0. The van der Waals surface area contributed by atoms with E-state index in [-0.39, 0.29) is 17.9 Å². The number of carbonyl (C=O) groups excluding carboxylic acids is 2. The van der Waals surface area contributed by atoms with Crippen LogP contribution in [-0.4, -0.2) is 54.8 Å². The lowest BCUT2D eigenvalue weighted by Crippen LogP contribution is -2.43. The molecule has 156 valence electrons. The molecular formula is C25H29N3O2. The number of amides is 2. The summed E-state index contributed by atoms with van der Waals surface area (Å²) in [4.78, 5) is 32.9. The Bertz CT molecular complexity index is 1000. The van der Waals surface area contributed by atoms with Crippen LogP contribution in [0.3, 0.4) is 0 Å². The van der Waals surface area contributed by atoms with Crippen molar-refractivity contribution in [1.29, 1.82) is 0 Å². The van der Waals surface area contributed by atoms with Gasteiger partial charge in [0.15, 0.2) is 0 Å². The van der Waals surface area contributed by atoms with Crippen molar-refractivity contribution in [3.63, 3.8) is 0 Å². The van der Waals surface area contributed by atoms with Gasteiger partial charge < -0.3 is 9.80 Å². The van der Waals surface area contributed by atoms with Crippen LogP contribution in [-0.2, 0) is 9.59 Å². The van der Waals surface area contributed by atoms with Crippen LogP contribution in [0.15, 0.2) is 54.2 Å². The molecule has 5 nitrogen and oxygen atoms in total. The lowest BCUT2D eigenvalue weighted by Gasteiger charge is -2.36. The second-order valence-electron chi connectivity index (χ2n) is 8.47. The Morgan fingerprint density at radius 1 is 0.933 bits per heavy atom. The van der Waals surface area contributed by atoms with Crippen molar-refractivity contribution in [3.8, 4) is 0 Å². The van der Waals surface area contributed by atoms with E-state index in [2.05, 4.69) is 22.9 Å². The molecule has 5 heteroatoms. The van der Waals surface area contributed by atoms with Crippen molar-refractivity contribution < 1.29 is 9.59 Å². The number of benzene rings is 2. The number of anilines is 1. The van der Waals surface area contributed by atoms with E-state index in [1.165, 1.54) is 4.90 Å². The van der Waals surface area contributed by atoms with Crippen molar-refractivity contribution >= 4 is 23.1 Å². The van der Waals surface area contributed by atoms with Crippen LogP contribution >= 0.6 is 0 Å². The molecular weight excluding hydrogens is 374 g/mol. The van der Waals surface area contributed by atoms with Crippen LogP contribution < -0.4 is 4.90 Å². The fourth-order valence-corrected chi connectivity index (χ4v) is 4.56. The molecule has 0 atom stereocenters. The van der Waals surface area contributed by atoms with Gasteiger partial charge in [-0.1, -0.05) is 42.0 Å². The Balaban J connectivity index is 1.82. The van der Waals surface area contributed by atoms with E-state index >= 15 is 0 Å². The summed E-state index contributed by atoms with van der Waals surface area (Å²) in [5.74, 6) is -0.476. The highest BCUT2D eigenvalue weighted by Crippen LogP contribution is 2.37. The van der Waals surface area contributed by atoms with E-state index in [4.69, 9.17) is 0 Å². The predicted molar refractivity (Wildman–Crippen MR) is 120 cm³/mol. The van der Waals surface area contributed by atoms with Crippen LogP contribution in [0.4, 0.5) is 5.69 Å². The fraction of sp³-hybridized carbons (Fsp3) is 0.360. The second kappa shape index (κ2) is 8.07. The first-order chi connectivity index (χ1) is 14.4. The van der Waals surface area contributed by atoms with Gasteiger partial charge in [-0.2, -0.15) is 0 Å². The van der Waals surface area contributed by atoms with Gasteiger partial charge in [0, 0.05) is 13.1 Å². The van der Waals surface area contributed by atoms with Gasteiger partial charge in [0.05, 0.1) is 11.3 Å². The number of hydrogen-bond donors (Lipinski definition) is 0. The number of piperidine rings is 1. The van der Waals surface area contributed by atoms with Crippen molar-refractivity contribution in [1.82, 2.24) is 9.80 Å². The quantitative estimate of drug-likeness (QED) is 0.732. The van der Waals surface area contributed by atoms with Crippen molar-refractivity contribution in [2.75, 3.05) is 32.1 Å². The predicted octanol–water partition coefficient (Wildman–Crippen LogP) is 3.61. The summed E-state index contributed by atoms with van der Waals surface area (Å²) in [7, 11) is 4.09. The number of imide groups is 1. The van der Waals surface area contributed by atoms with E-state index in [0.29, 0.717) is 17.0 Å². The van der Waals surface area contributed by atoms with Gasteiger partial charge in [0.25, 0.3) is 11.8 Å². The van der Waals surface area contributed by atoms with Gasteiger partial charge in [0.2, 0.25) is 0 Å². The first-order valence-corrected chi connectivity index (χ1v) is 10.6. The SMILES string of the molecule is Cc1ccc(C2=C(N(C)C3CCN(C)CC3)C(=O)N(c3ccccc3)C2=O)c(C)c1. The molecule has 2 aromatic carbocycles. The number of likely N-dealkylation sites (tertiary alicyclic amines) is 1. The van der Waals surface area contributed by atoms with Gasteiger partial charge in [0.1, 0.15) is 5.70 Å². The monoisotopic (exact) mass is 403 g/mol. The van der Waals surface area contributed by atoms with Gasteiger partial charge in [-0.3, -0.25) is 9.59 Å². The largest absolute Gasteiger partial charge is 0.366 e. The van der Waals surface area contributed by atoms with Gasteiger partial charge >= 0.3 is 0 Å². The smallest absolute Gasteiger partial charge is 0.282 e. The van der Waals surface area contributed by atoms with Crippen LogP contribution in [0.25, 0.3) is 5.57 Å². The summed E-state index contributed by atoms with van der Waals surface area (Å²) in [5.41, 5.74) is 4.64. The molecule has 0 unspecified atom stereocenters. The third-order valence-corrected chi connectivity index (χ3v) is 6.31. The first-order valence-electron chi connectivity index (χ1n) is 10.6. The molecule has 1 saturated heterocycles. The lowest BCUT2D eigenvalue weighted by molar-refractivity contribution is -0.120. The number of likely N-dealkylation sites (N-methyl/N-ethyl adjacent to an activating group) is 1. The number of nitrogens with zero attached hydrogens (tertiary/aromatic N) is 3. The molecule has 2 aliphatic heterocycles.